The van der Waals surface area contributed by atoms with Crippen LogP contribution < -0.4 is 5.32 Å². The third-order valence-electron chi connectivity index (χ3n) is 4.54. The molecule has 0 spiro atoms. The van der Waals surface area contributed by atoms with Crippen LogP contribution in [0.2, 0.25) is 0 Å². The van der Waals surface area contributed by atoms with E-state index in [2.05, 4.69) is 20.3 Å². The highest BCUT2D eigenvalue weighted by atomic mass is 32.2. The first-order valence-electron chi connectivity index (χ1n) is 9.42. The fraction of sp³-hybridized carbons (Fsp3) is 0.300. The number of aliphatic imine (C=N–C) groups is 1. The first-order chi connectivity index (χ1) is 14.4. The quantitative estimate of drug-likeness (QED) is 0.410. The first kappa shape index (κ1) is 22.0. The summed E-state index contributed by atoms with van der Waals surface area (Å²) < 4.78 is 26.7. The maximum Gasteiger partial charge on any atom is 0.252 e. The van der Waals surface area contributed by atoms with Crippen LogP contribution in [-0.4, -0.2) is 67.8 Å². The standard InChI is InChI=1S/C20H26N6O2S2/c1-21-20(22-11-12-26(3)30(27,28)19-10-7-13-29-19)25(2)15-18-23-14-17(24-18)16-8-5-4-6-9-16/h4-10,13-14H,11-12,15H2,1-3H3,(H,21,22)(H,23,24). The van der Waals surface area contributed by atoms with E-state index in [1.807, 2.05) is 48.5 Å². The molecule has 0 bridgehead atoms. The molecule has 0 atom stereocenters. The highest BCUT2D eigenvalue weighted by Crippen LogP contribution is 2.19. The second-order valence-electron chi connectivity index (χ2n) is 6.70. The fourth-order valence-electron chi connectivity index (χ4n) is 2.90. The summed E-state index contributed by atoms with van der Waals surface area (Å²) in [6, 6.07) is 13.4. The zero-order valence-electron chi connectivity index (χ0n) is 17.2. The van der Waals surface area contributed by atoms with Crippen molar-refractivity contribution in [2.45, 2.75) is 10.8 Å². The maximum absolute atomic E-state index is 12.5. The number of H-pyrrole nitrogens is 1. The van der Waals surface area contributed by atoms with Crippen molar-refractivity contribution in [1.82, 2.24) is 24.5 Å². The molecule has 0 unspecified atom stereocenters. The number of benzene rings is 1. The van der Waals surface area contributed by atoms with Gasteiger partial charge in [-0.05, 0) is 17.0 Å². The minimum atomic E-state index is -3.45. The lowest BCUT2D eigenvalue weighted by molar-refractivity contribution is 0.445. The number of nitrogens with one attached hydrogen (secondary N) is 2. The van der Waals surface area contributed by atoms with E-state index < -0.39 is 10.0 Å². The molecular weight excluding hydrogens is 420 g/mol. The molecule has 2 heterocycles. The van der Waals surface area contributed by atoms with E-state index in [0.717, 1.165) is 17.1 Å². The van der Waals surface area contributed by atoms with Gasteiger partial charge in [-0.2, -0.15) is 4.31 Å². The Bertz CT molecular complexity index is 1060. The van der Waals surface area contributed by atoms with Gasteiger partial charge in [0.15, 0.2) is 5.96 Å². The van der Waals surface area contributed by atoms with Gasteiger partial charge in [0.05, 0.1) is 18.4 Å². The Morgan fingerprint density at radius 1 is 1.20 bits per heavy atom. The van der Waals surface area contributed by atoms with Crippen molar-refractivity contribution in [1.29, 1.82) is 0 Å². The molecule has 160 valence electrons. The van der Waals surface area contributed by atoms with E-state index in [4.69, 9.17) is 0 Å². The number of hydrogen-bond donors (Lipinski definition) is 2. The van der Waals surface area contributed by atoms with Crippen molar-refractivity contribution in [3.05, 3.63) is 59.9 Å². The molecule has 3 aromatic rings. The topological polar surface area (TPSA) is 93.7 Å². The third-order valence-corrected chi connectivity index (χ3v) is 7.77. The van der Waals surface area contributed by atoms with Crippen LogP contribution in [0.1, 0.15) is 5.82 Å². The lowest BCUT2D eigenvalue weighted by atomic mass is 10.2. The van der Waals surface area contributed by atoms with Crippen molar-refractivity contribution >= 4 is 27.3 Å². The van der Waals surface area contributed by atoms with Gasteiger partial charge in [-0.15, -0.1) is 11.3 Å². The van der Waals surface area contributed by atoms with E-state index >= 15 is 0 Å². The van der Waals surface area contributed by atoms with Gasteiger partial charge >= 0.3 is 0 Å². The molecule has 0 fully saturated rings. The number of aromatic nitrogens is 2. The van der Waals surface area contributed by atoms with Crippen LogP contribution in [-0.2, 0) is 16.6 Å². The Labute approximate surface area is 181 Å². The van der Waals surface area contributed by atoms with Gasteiger partial charge in [-0.3, -0.25) is 4.99 Å². The summed E-state index contributed by atoms with van der Waals surface area (Å²) >= 11 is 1.22. The van der Waals surface area contributed by atoms with Gasteiger partial charge in [0.25, 0.3) is 10.0 Å². The molecule has 10 heteroatoms. The van der Waals surface area contributed by atoms with Gasteiger partial charge in [0.1, 0.15) is 10.0 Å². The Hall–Kier alpha value is -2.69. The zero-order chi connectivity index (χ0) is 21.6. The number of hydrogen-bond acceptors (Lipinski definition) is 5. The molecule has 30 heavy (non-hydrogen) atoms. The summed E-state index contributed by atoms with van der Waals surface area (Å²) in [6.07, 6.45) is 1.82. The van der Waals surface area contributed by atoms with E-state index in [9.17, 15) is 8.42 Å². The lowest BCUT2D eigenvalue weighted by Gasteiger charge is -2.22. The summed E-state index contributed by atoms with van der Waals surface area (Å²) in [5.74, 6) is 1.48. The monoisotopic (exact) mass is 446 g/mol. The number of rotatable bonds is 8. The molecule has 2 N–H and O–H groups in total. The van der Waals surface area contributed by atoms with E-state index in [1.165, 1.54) is 15.6 Å². The summed E-state index contributed by atoms with van der Waals surface area (Å²) in [5.41, 5.74) is 2.04. The molecule has 0 radical (unpaired) electrons. The number of likely N-dealkylation sites (N-methyl/N-ethyl adjacent to an activating group) is 1. The molecular formula is C20H26N6O2S2. The van der Waals surface area contributed by atoms with Crippen LogP contribution in [0.25, 0.3) is 11.3 Å². The second-order valence-corrected chi connectivity index (χ2v) is 9.92. The number of nitrogens with zero attached hydrogens (tertiary/aromatic N) is 4. The number of guanidine groups is 1. The molecule has 8 nitrogen and oxygen atoms in total. The van der Waals surface area contributed by atoms with Crippen LogP contribution in [0, 0.1) is 0 Å². The van der Waals surface area contributed by atoms with Gasteiger partial charge in [0, 0.05) is 34.2 Å². The Kier molecular flexibility index (Phi) is 7.24. The highest BCUT2D eigenvalue weighted by Gasteiger charge is 2.21. The van der Waals surface area contributed by atoms with Crippen molar-refractivity contribution < 1.29 is 8.42 Å². The van der Waals surface area contributed by atoms with Crippen molar-refractivity contribution in [3.8, 4) is 11.3 Å². The molecule has 0 amide bonds. The Morgan fingerprint density at radius 2 is 1.97 bits per heavy atom. The third kappa shape index (κ3) is 5.26. The Balaban J connectivity index is 1.53. The predicted octanol–water partition coefficient (Wildman–Crippen LogP) is 2.47. The lowest BCUT2D eigenvalue weighted by Crippen LogP contribution is -2.42. The smallest absolute Gasteiger partial charge is 0.252 e. The second kappa shape index (κ2) is 9.88. The maximum atomic E-state index is 12.5. The summed E-state index contributed by atoms with van der Waals surface area (Å²) in [5, 5.41) is 4.97. The Morgan fingerprint density at radius 3 is 2.63 bits per heavy atom. The van der Waals surface area contributed by atoms with E-state index in [-0.39, 0.29) is 0 Å². The molecule has 0 aliphatic heterocycles. The summed E-state index contributed by atoms with van der Waals surface area (Å²) in [4.78, 5) is 14.0. The van der Waals surface area contributed by atoms with E-state index in [1.54, 1.807) is 31.6 Å². The van der Waals surface area contributed by atoms with E-state index in [0.29, 0.717) is 29.8 Å². The fourth-order valence-corrected chi connectivity index (χ4v) is 5.27. The zero-order valence-corrected chi connectivity index (χ0v) is 18.9. The minimum absolute atomic E-state index is 0.325. The van der Waals surface area contributed by atoms with Crippen LogP contribution in [0.5, 0.6) is 0 Å². The SMILES string of the molecule is CN=C(NCCN(C)S(=O)(=O)c1cccs1)N(C)Cc1ncc(-c2ccccc2)[nH]1. The van der Waals surface area contributed by atoms with Crippen LogP contribution >= 0.6 is 11.3 Å². The molecule has 0 saturated carbocycles. The predicted molar refractivity (Wildman–Crippen MR) is 121 cm³/mol. The van der Waals surface area contributed by atoms with Gasteiger partial charge in [-0.1, -0.05) is 36.4 Å². The molecule has 2 aromatic heterocycles. The molecule has 0 aliphatic carbocycles. The first-order valence-corrected chi connectivity index (χ1v) is 11.7. The van der Waals surface area contributed by atoms with Crippen LogP contribution in [0.4, 0.5) is 0 Å². The molecule has 1 aromatic carbocycles. The minimum Gasteiger partial charge on any atom is -0.355 e. The van der Waals surface area contributed by atoms with Crippen molar-refractivity contribution in [2.75, 3.05) is 34.2 Å². The normalized spacial score (nSPS) is 12.3. The van der Waals surface area contributed by atoms with Crippen LogP contribution in [0.15, 0.2) is 63.2 Å². The van der Waals surface area contributed by atoms with Gasteiger partial charge in [0.2, 0.25) is 0 Å². The number of aromatic amines is 1. The van der Waals surface area contributed by atoms with Crippen molar-refractivity contribution in [3.63, 3.8) is 0 Å². The largest absolute Gasteiger partial charge is 0.355 e. The molecule has 0 saturated heterocycles. The number of thiophene rings is 1. The molecule has 3 rings (SSSR count). The molecule has 0 aliphatic rings. The number of imidazole rings is 1. The van der Waals surface area contributed by atoms with Gasteiger partial charge in [-0.25, -0.2) is 13.4 Å². The average Bonchev–Trinajstić information content (AvgIpc) is 3.44. The summed E-state index contributed by atoms with van der Waals surface area (Å²) in [7, 11) is 1.74. The number of sulfonamides is 1. The summed E-state index contributed by atoms with van der Waals surface area (Å²) in [6.45, 7) is 1.30. The van der Waals surface area contributed by atoms with Crippen LogP contribution in [0.3, 0.4) is 0 Å². The van der Waals surface area contributed by atoms with Gasteiger partial charge < -0.3 is 15.2 Å². The highest BCUT2D eigenvalue weighted by molar-refractivity contribution is 7.91. The average molecular weight is 447 g/mol. The van der Waals surface area contributed by atoms with Crippen molar-refractivity contribution in [2.24, 2.45) is 4.99 Å².